The number of nitrogens with zero attached hydrogens (tertiary/aromatic N) is 1. The summed E-state index contributed by atoms with van der Waals surface area (Å²) >= 11 is 3.24. The summed E-state index contributed by atoms with van der Waals surface area (Å²) < 4.78 is 5.69. The van der Waals surface area contributed by atoms with Crippen molar-refractivity contribution in [2.45, 2.75) is 19.8 Å². The van der Waals surface area contributed by atoms with Gasteiger partial charge in [0.1, 0.15) is 0 Å². The molecule has 0 aliphatic carbocycles. The van der Waals surface area contributed by atoms with Gasteiger partial charge in [-0.2, -0.15) is 0 Å². The van der Waals surface area contributed by atoms with Crippen LogP contribution in [0.1, 0.15) is 30.3 Å². The van der Waals surface area contributed by atoms with Crippen LogP contribution in [-0.2, 0) is 4.74 Å². The third-order valence-corrected chi connectivity index (χ3v) is 2.32. The van der Waals surface area contributed by atoms with E-state index < -0.39 is 0 Å². The Morgan fingerprint density at radius 1 is 1.64 bits per heavy atom. The van der Waals surface area contributed by atoms with E-state index in [1.165, 1.54) is 0 Å². The molecule has 0 spiro atoms. The molecule has 0 N–H and O–H groups in total. The van der Waals surface area contributed by atoms with Crippen molar-refractivity contribution in [1.82, 2.24) is 4.98 Å². The maximum atomic E-state index is 11.4. The molecule has 0 radical (unpaired) electrons. The van der Waals surface area contributed by atoms with Crippen LogP contribution in [0.4, 0.5) is 0 Å². The monoisotopic (exact) mass is 257 g/mol. The summed E-state index contributed by atoms with van der Waals surface area (Å²) in [5.41, 5.74) is 0.337. The van der Waals surface area contributed by atoms with Gasteiger partial charge < -0.3 is 4.74 Å². The number of aromatic nitrogens is 1. The number of unbranched alkanes of at least 4 members (excludes halogenated alkanes) is 1. The second kappa shape index (κ2) is 5.75. The summed E-state index contributed by atoms with van der Waals surface area (Å²) in [6, 6.07) is 3.52. The molecule has 4 heteroatoms. The zero-order chi connectivity index (χ0) is 10.4. The quantitative estimate of drug-likeness (QED) is 0.615. The molecule has 0 aliphatic heterocycles. The van der Waals surface area contributed by atoms with Gasteiger partial charge in [0.15, 0.2) is 5.69 Å². The molecule has 0 atom stereocenters. The van der Waals surface area contributed by atoms with E-state index in [1.807, 2.05) is 6.92 Å². The van der Waals surface area contributed by atoms with Gasteiger partial charge in [0.05, 0.1) is 11.1 Å². The van der Waals surface area contributed by atoms with Gasteiger partial charge in [-0.05, 0) is 34.5 Å². The minimum atomic E-state index is -0.370. The van der Waals surface area contributed by atoms with Crippen LogP contribution in [0.25, 0.3) is 0 Å². The molecular formula is C10H12BrNO2. The topological polar surface area (TPSA) is 39.2 Å². The van der Waals surface area contributed by atoms with E-state index >= 15 is 0 Å². The molecule has 14 heavy (non-hydrogen) atoms. The number of carbonyl (C=O) groups is 1. The van der Waals surface area contributed by atoms with E-state index in [1.54, 1.807) is 18.3 Å². The Balaban J connectivity index is 2.56. The molecule has 0 aliphatic rings. The molecular weight excluding hydrogens is 246 g/mol. The van der Waals surface area contributed by atoms with Gasteiger partial charge in [-0.25, -0.2) is 9.78 Å². The average molecular weight is 258 g/mol. The highest BCUT2D eigenvalue weighted by Crippen LogP contribution is 2.14. The highest BCUT2D eigenvalue weighted by atomic mass is 79.9. The summed E-state index contributed by atoms with van der Waals surface area (Å²) in [5, 5.41) is 0. The Morgan fingerprint density at radius 2 is 2.43 bits per heavy atom. The largest absolute Gasteiger partial charge is 0.461 e. The number of pyridine rings is 1. The molecule has 1 heterocycles. The summed E-state index contributed by atoms with van der Waals surface area (Å²) in [4.78, 5) is 15.4. The minimum Gasteiger partial charge on any atom is -0.461 e. The van der Waals surface area contributed by atoms with Crippen LogP contribution in [-0.4, -0.2) is 17.6 Å². The fourth-order valence-electron chi connectivity index (χ4n) is 0.913. The van der Waals surface area contributed by atoms with Gasteiger partial charge in [-0.3, -0.25) is 0 Å². The van der Waals surface area contributed by atoms with Crippen molar-refractivity contribution in [3.05, 3.63) is 28.5 Å². The number of ether oxygens (including phenoxy) is 1. The van der Waals surface area contributed by atoms with Crippen LogP contribution in [0.3, 0.4) is 0 Å². The number of hydrogen-bond acceptors (Lipinski definition) is 3. The number of rotatable bonds is 4. The molecule has 0 saturated carbocycles. The molecule has 1 aromatic rings. The van der Waals surface area contributed by atoms with Gasteiger partial charge in [0, 0.05) is 6.20 Å². The number of carbonyl (C=O) groups excluding carboxylic acids is 1. The fraction of sp³-hybridized carbons (Fsp3) is 0.400. The van der Waals surface area contributed by atoms with Crippen molar-refractivity contribution in [3.8, 4) is 0 Å². The highest BCUT2D eigenvalue weighted by molar-refractivity contribution is 9.10. The second-order valence-corrected chi connectivity index (χ2v) is 3.68. The summed E-state index contributed by atoms with van der Waals surface area (Å²) in [6.07, 6.45) is 3.47. The van der Waals surface area contributed by atoms with Crippen LogP contribution in [0.15, 0.2) is 22.8 Å². The smallest absolute Gasteiger partial charge is 0.358 e. The summed E-state index contributed by atoms with van der Waals surface area (Å²) in [6.45, 7) is 2.50. The van der Waals surface area contributed by atoms with Crippen molar-refractivity contribution >= 4 is 21.9 Å². The lowest BCUT2D eigenvalue weighted by Crippen LogP contribution is -2.08. The first-order valence-corrected chi connectivity index (χ1v) is 5.32. The van der Waals surface area contributed by atoms with Crippen molar-refractivity contribution < 1.29 is 9.53 Å². The van der Waals surface area contributed by atoms with Crippen LogP contribution in [0.5, 0.6) is 0 Å². The van der Waals surface area contributed by atoms with Crippen LogP contribution >= 0.6 is 15.9 Å². The Hall–Kier alpha value is -0.900. The lowest BCUT2D eigenvalue weighted by Gasteiger charge is -2.03. The van der Waals surface area contributed by atoms with Gasteiger partial charge in [0.2, 0.25) is 0 Å². The summed E-state index contributed by atoms with van der Waals surface area (Å²) in [7, 11) is 0. The van der Waals surface area contributed by atoms with Crippen molar-refractivity contribution in [3.63, 3.8) is 0 Å². The fourth-order valence-corrected chi connectivity index (χ4v) is 1.33. The zero-order valence-corrected chi connectivity index (χ0v) is 9.58. The Kier molecular flexibility index (Phi) is 4.59. The van der Waals surface area contributed by atoms with E-state index in [0.717, 1.165) is 12.8 Å². The molecule has 0 unspecified atom stereocenters. The van der Waals surface area contributed by atoms with Gasteiger partial charge in [-0.1, -0.05) is 13.3 Å². The third-order valence-electron chi connectivity index (χ3n) is 1.68. The Labute approximate surface area is 91.6 Å². The van der Waals surface area contributed by atoms with E-state index in [0.29, 0.717) is 16.8 Å². The van der Waals surface area contributed by atoms with Gasteiger partial charge >= 0.3 is 5.97 Å². The maximum absolute atomic E-state index is 11.4. The summed E-state index contributed by atoms with van der Waals surface area (Å²) in [5.74, 6) is -0.370. The Bertz CT molecular complexity index is 315. The van der Waals surface area contributed by atoms with E-state index in [-0.39, 0.29) is 5.97 Å². The highest BCUT2D eigenvalue weighted by Gasteiger charge is 2.11. The van der Waals surface area contributed by atoms with Crippen molar-refractivity contribution in [1.29, 1.82) is 0 Å². The molecule has 0 bridgehead atoms. The average Bonchev–Trinajstić information content (AvgIpc) is 2.18. The molecule has 0 fully saturated rings. The molecule has 0 aromatic carbocycles. The zero-order valence-electron chi connectivity index (χ0n) is 8.00. The van der Waals surface area contributed by atoms with Crippen LogP contribution in [0.2, 0.25) is 0 Å². The number of halogens is 1. The molecule has 0 saturated heterocycles. The predicted molar refractivity (Wildman–Crippen MR) is 57.1 cm³/mol. The third kappa shape index (κ3) is 3.10. The van der Waals surface area contributed by atoms with Crippen LogP contribution < -0.4 is 0 Å². The molecule has 76 valence electrons. The minimum absolute atomic E-state index is 0.337. The first-order chi connectivity index (χ1) is 6.75. The predicted octanol–water partition coefficient (Wildman–Crippen LogP) is 2.80. The van der Waals surface area contributed by atoms with E-state index in [9.17, 15) is 4.79 Å². The maximum Gasteiger partial charge on any atom is 0.358 e. The SMILES string of the molecule is CCCCOC(=O)c1ncccc1Br. The van der Waals surface area contributed by atoms with Crippen molar-refractivity contribution in [2.24, 2.45) is 0 Å². The van der Waals surface area contributed by atoms with Crippen LogP contribution in [0, 0.1) is 0 Å². The lowest BCUT2D eigenvalue weighted by atomic mass is 10.3. The molecule has 3 nitrogen and oxygen atoms in total. The lowest BCUT2D eigenvalue weighted by molar-refractivity contribution is 0.0491. The molecule has 1 aromatic heterocycles. The number of hydrogen-bond donors (Lipinski definition) is 0. The first-order valence-electron chi connectivity index (χ1n) is 4.53. The first kappa shape index (κ1) is 11.2. The Morgan fingerprint density at radius 3 is 3.07 bits per heavy atom. The standard InChI is InChI=1S/C10H12BrNO2/c1-2-3-7-14-10(13)9-8(11)5-4-6-12-9/h4-6H,2-3,7H2,1H3. The van der Waals surface area contributed by atoms with Gasteiger partial charge in [0.25, 0.3) is 0 Å². The van der Waals surface area contributed by atoms with E-state index in [4.69, 9.17) is 4.74 Å². The molecule has 0 amide bonds. The van der Waals surface area contributed by atoms with E-state index in [2.05, 4.69) is 20.9 Å². The number of esters is 1. The van der Waals surface area contributed by atoms with Gasteiger partial charge in [-0.15, -0.1) is 0 Å². The normalized spacial score (nSPS) is 9.86. The molecule has 1 rings (SSSR count). The van der Waals surface area contributed by atoms with Crippen molar-refractivity contribution in [2.75, 3.05) is 6.61 Å². The second-order valence-electron chi connectivity index (χ2n) is 2.82.